The van der Waals surface area contributed by atoms with Crippen LogP contribution in [0.1, 0.15) is 47.2 Å². The van der Waals surface area contributed by atoms with Crippen molar-refractivity contribution < 1.29 is 27.8 Å². The van der Waals surface area contributed by atoms with Crippen LogP contribution in [-0.4, -0.2) is 57.8 Å². The number of fused-ring (bicyclic) bond motifs is 1. The molecule has 1 saturated heterocycles. The van der Waals surface area contributed by atoms with Gasteiger partial charge in [0, 0.05) is 36.3 Å². The van der Waals surface area contributed by atoms with Crippen molar-refractivity contribution in [3.8, 4) is 5.88 Å². The fourth-order valence-corrected chi connectivity index (χ4v) is 5.46. The lowest BCUT2D eigenvalue weighted by Crippen LogP contribution is -2.34. The summed E-state index contributed by atoms with van der Waals surface area (Å²) in [6.45, 7) is 4.93. The molecule has 2 aliphatic heterocycles. The molecule has 0 amide bonds. The zero-order valence-electron chi connectivity index (χ0n) is 23.7. The summed E-state index contributed by atoms with van der Waals surface area (Å²) in [6.07, 6.45) is 3.73. The minimum atomic E-state index is -0.690. The highest BCUT2D eigenvalue weighted by Gasteiger charge is 2.27. The molecular weight excluding hydrogens is 578 g/mol. The number of hydrogen-bond acceptors (Lipinski definition) is 7. The van der Waals surface area contributed by atoms with E-state index in [1.165, 1.54) is 12.1 Å². The summed E-state index contributed by atoms with van der Waals surface area (Å²) in [5, 5.41) is 0.333. The Balaban J connectivity index is 1.17. The molecule has 4 heterocycles. The van der Waals surface area contributed by atoms with Crippen molar-refractivity contribution in [2.24, 2.45) is 0 Å². The Morgan fingerprint density at radius 2 is 2.02 bits per heavy atom. The second-order valence-electron chi connectivity index (χ2n) is 10.5. The molecule has 8 nitrogen and oxygen atoms in total. The standard InChI is InChI=1S/C32H31ClF2N4O4/c1-2-41-32(40)24-8-9-27-31(30(24)35)39(17-23-12-15-42-23)28(36-27)18-38-13-10-20(11-14-38)26-4-3-5-29(37-26)43-19-21-6-7-22(33)16-25(21)34/h3-10,16,23H,2,11-15,17-19H2,1H3/t23-/m0/s1. The molecule has 0 N–H and O–H groups in total. The maximum Gasteiger partial charge on any atom is 0.341 e. The van der Waals surface area contributed by atoms with Crippen LogP contribution >= 0.6 is 11.6 Å². The smallest absolute Gasteiger partial charge is 0.341 e. The van der Waals surface area contributed by atoms with E-state index >= 15 is 4.39 Å². The van der Waals surface area contributed by atoms with Crippen molar-refractivity contribution in [1.29, 1.82) is 0 Å². The van der Waals surface area contributed by atoms with Gasteiger partial charge in [-0.25, -0.2) is 23.5 Å². The molecule has 2 aromatic carbocycles. The van der Waals surface area contributed by atoms with Crippen LogP contribution in [0, 0.1) is 11.6 Å². The molecule has 2 aliphatic rings. The van der Waals surface area contributed by atoms with E-state index in [0.717, 1.165) is 30.7 Å². The number of esters is 1. The van der Waals surface area contributed by atoms with Crippen LogP contribution in [0.15, 0.2) is 54.6 Å². The lowest BCUT2D eigenvalue weighted by Gasteiger charge is -2.29. The van der Waals surface area contributed by atoms with E-state index in [9.17, 15) is 9.18 Å². The molecule has 0 unspecified atom stereocenters. The SMILES string of the molecule is CCOC(=O)c1ccc2nc(CN3CC=C(c4cccc(OCc5ccc(Cl)cc5F)n4)CC3)n(C[C@@H]3CCO3)c2c1F. The third-order valence-corrected chi connectivity index (χ3v) is 7.94. The normalized spacial score (nSPS) is 17.0. The highest BCUT2D eigenvalue weighted by atomic mass is 35.5. The molecule has 4 aromatic rings. The maximum atomic E-state index is 15.7. The highest BCUT2D eigenvalue weighted by molar-refractivity contribution is 6.30. The summed E-state index contributed by atoms with van der Waals surface area (Å²) in [5.74, 6) is -0.613. The van der Waals surface area contributed by atoms with Crippen molar-refractivity contribution in [1.82, 2.24) is 19.4 Å². The highest BCUT2D eigenvalue weighted by Crippen LogP contribution is 2.28. The minimum absolute atomic E-state index is 0.0218. The Morgan fingerprint density at radius 1 is 1.16 bits per heavy atom. The Labute approximate surface area is 252 Å². The first-order valence-corrected chi connectivity index (χ1v) is 14.7. The number of aromatic nitrogens is 3. The molecule has 1 atom stereocenters. The summed E-state index contributed by atoms with van der Waals surface area (Å²) in [5.41, 5.74) is 2.98. The van der Waals surface area contributed by atoms with E-state index < -0.39 is 17.6 Å². The van der Waals surface area contributed by atoms with Gasteiger partial charge in [0.05, 0.1) is 42.6 Å². The van der Waals surface area contributed by atoms with Gasteiger partial charge in [0.2, 0.25) is 5.88 Å². The Bertz CT molecular complexity index is 1690. The predicted molar refractivity (Wildman–Crippen MR) is 158 cm³/mol. The van der Waals surface area contributed by atoms with Gasteiger partial charge >= 0.3 is 5.97 Å². The van der Waals surface area contributed by atoms with E-state index in [2.05, 4.69) is 16.0 Å². The van der Waals surface area contributed by atoms with E-state index in [-0.39, 0.29) is 24.9 Å². The molecule has 0 aliphatic carbocycles. The third kappa shape index (κ3) is 6.41. The molecule has 6 rings (SSSR count). The average Bonchev–Trinajstić information content (AvgIpc) is 3.32. The number of carbonyl (C=O) groups excluding carboxylic acids is 1. The Morgan fingerprint density at radius 3 is 2.74 bits per heavy atom. The van der Waals surface area contributed by atoms with Gasteiger partial charge in [0.25, 0.3) is 0 Å². The van der Waals surface area contributed by atoms with E-state index in [4.69, 9.17) is 30.8 Å². The zero-order chi connectivity index (χ0) is 29.9. The van der Waals surface area contributed by atoms with Gasteiger partial charge < -0.3 is 18.8 Å². The summed E-state index contributed by atoms with van der Waals surface area (Å²) >= 11 is 5.84. The van der Waals surface area contributed by atoms with Crippen molar-refractivity contribution in [2.75, 3.05) is 26.3 Å². The van der Waals surface area contributed by atoms with Crippen molar-refractivity contribution in [3.05, 3.63) is 93.9 Å². The van der Waals surface area contributed by atoms with E-state index in [1.54, 1.807) is 31.2 Å². The van der Waals surface area contributed by atoms with Crippen LogP contribution in [-0.2, 0) is 29.2 Å². The largest absolute Gasteiger partial charge is 0.473 e. The molecule has 0 saturated carbocycles. The van der Waals surface area contributed by atoms with Gasteiger partial charge in [-0.15, -0.1) is 0 Å². The number of nitrogens with zero attached hydrogens (tertiary/aromatic N) is 4. The molecular formula is C32H31ClF2N4O4. The Hall–Kier alpha value is -3.86. The summed E-state index contributed by atoms with van der Waals surface area (Å²) < 4.78 is 48.1. The van der Waals surface area contributed by atoms with Crippen LogP contribution in [0.2, 0.25) is 5.02 Å². The summed E-state index contributed by atoms with van der Waals surface area (Å²) in [7, 11) is 0. The fraction of sp³-hybridized carbons (Fsp3) is 0.344. The second kappa shape index (κ2) is 12.8. The van der Waals surface area contributed by atoms with E-state index in [0.29, 0.717) is 59.6 Å². The first-order chi connectivity index (χ1) is 20.9. The zero-order valence-corrected chi connectivity index (χ0v) is 24.4. The van der Waals surface area contributed by atoms with Gasteiger partial charge in [0.1, 0.15) is 23.8 Å². The van der Waals surface area contributed by atoms with Gasteiger partial charge in [-0.1, -0.05) is 29.8 Å². The predicted octanol–water partition coefficient (Wildman–Crippen LogP) is 6.20. The Kier molecular flexibility index (Phi) is 8.69. The number of pyridine rings is 1. The average molecular weight is 609 g/mol. The third-order valence-electron chi connectivity index (χ3n) is 7.70. The molecule has 0 bridgehead atoms. The van der Waals surface area contributed by atoms with Gasteiger partial charge in [-0.3, -0.25) is 4.90 Å². The number of rotatable bonds is 10. The second-order valence-corrected chi connectivity index (χ2v) is 11.0. The molecule has 0 spiro atoms. The van der Waals surface area contributed by atoms with Crippen LogP contribution in [0.5, 0.6) is 5.88 Å². The molecule has 1 fully saturated rings. The monoisotopic (exact) mass is 608 g/mol. The quantitative estimate of drug-likeness (QED) is 0.198. The molecule has 0 radical (unpaired) electrons. The number of halogens is 3. The number of imidazole rings is 1. The lowest BCUT2D eigenvalue weighted by molar-refractivity contribution is -0.0592. The van der Waals surface area contributed by atoms with Crippen molar-refractivity contribution >= 4 is 34.2 Å². The van der Waals surface area contributed by atoms with Crippen LogP contribution in [0.3, 0.4) is 0 Å². The maximum absolute atomic E-state index is 15.7. The van der Waals surface area contributed by atoms with Crippen LogP contribution < -0.4 is 4.74 Å². The minimum Gasteiger partial charge on any atom is -0.473 e. The van der Waals surface area contributed by atoms with Gasteiger partial charge in [0.15, 0.2) is 5.82 Å². The molecule has 224 valence electrons. The van der Waals surface area contributed by atoms with Crippen LogP contribution in [0.4, 0.5) is 8.78 Å². The number of ether oxygens (including phenoxy) is 3. The van der Waals surface area contributed by atoms with Crippen molar-refractivity contribution in [3.63, 3.8) is 0 Å². The molecule has 11 heteroatoms. The van der Waals surface area contributed by atoms with Crippen LogP contribution in [0.25, 0.3) is 16.6 Å². The molecule has 43 heavy (non-hydrogen) atoms. The lowest BCUT2D eigenvalue weighted by atomic mass is 10.0. The number of hydrogen-bond donors (Lipinski definition) is 0. The van der Waals surface area contributed by atoms with E-state index in [1.807, 2.05) is 16.7 Å². The first-order valence-electron chi connectivity index (χ1n) is 14.3. The molecule has 2 aromatic heterocycles. The van der Waals surface area contributed by atoms with Crippen molar-refractivity contribution in [2.45, 2.75) is 45.6 Å². The number of carbonyl (C=O) groups is 1. The number of benzene rings is 2. The fourth-order valence-electron chi connectivity index (χ4n) is 5.30. The summed E-state index contributed by atoms with van der Waals surface area (Å²) in [4.78, 5) is 24.0. The topological polar surface area (TPSA) is 78.7 Å². The summed E-state index contributed by atoms with van der Waals surface area (Å²) in [6, 6.07) is 13.1. The first kappa shape index (κ1) is 29.2. The van der Waals surface area contributed by atoms with Gasteiger partial charge in [-0.05, 0) is 55.7 Å². The van der Waals surface area contributed by atoms with Gasteiger partial charge in [-0.2, -0.15) is 0 Å².